The van der Waals surface area contributed by atoms with Crippen LogP contribution in [0.5, 0.6) is 0 Å². The van der Waals surface area contributed by atoms with Crippen molar-refractivity contribution in [1.82, 2.24) is 4.98 Å². The molecule has 2 nitrogen and oxygen atoms in total. The van der Waals surface area contributed by atoms with Crippen LogP contribution in [0.15, 0.2) is 16.9 Å². The largest absolute Gasteiger partial charge is 0.384 e. The van der Waals surface area contributed by atoms with E-state index in [1.165, 1.54) is 44.1 Å². The maximum Gasteiger partial charge on any atom is 0.109 e. The van der Waals surface area contributed by atoms with Crippen molar-refractivity contribution in [1.29, 1.82) is 0 Å². The van der Waals surface area contributed by atoms with Crippen molar-refractivity contribution in [2.75, 3.05) is 11.9 Å². The Kier molecular flexibility index (Phi) is 4.84. The molecule has 2 rings (SSSR count). The van der Waals surface area contributed by atoms with Gasteiger partial charge in [-0.2, -0.15) is 0 Å². The topological polar surface area (TPSA) is 24.9 Å². The first-order chi connectivity index (χ1) is 8.25. The Morgan fingerprint density at radius 2 is 2.00 bits per heavy atom. The molecule has 1 aromatic heterocycles. The van der Waals surface area contributed by atoms with Crippen molar-refractivity contribution < 1.29 is 0 Å². The zero-order valence-corrected chi connectivity index (χ0v) is 12.1. The molecule has 0 amide bonds. The Morgan fingerprint density at radius 3 is 2.65 bits per heavy atom. The Hall–Kier alpha value is -0.570. The maximum atomic E-state index is 4.32. The van der Waals surface area contributed by atoms with Crippen LogP contribution in [0.2, 0.25) is 0 Å². The number of pyridine rings is 1. The van der Waals surface area contributed by atoms with Gasteiger partial charge in [0.05, 0.1) is 11.9 Å². The van der Waals surface area contributed by atoms with Crippen molar-refractivity contribution >= 4 is 21.6 Å². The van der Waals surface area contributed by atoms with Gasteiger partial charge in [-0.3, -0.25) is 0 Å². The predicted molar refractivity (Wildman–Crippen MR) is 76.4 cm³/mol. The van der Waals surface area contributed by atoms with Gasteiger partial charge in [0.15, 0.2) is 0 Å². The number of nitrogens with zero attached hydrogens (tertiary/aromatic N) is 1. The van der Waals surface area contributed by atoms with E-state index in [0.29, 0.717) is 0 Å². The summed E-state index contributed by atoms with van der Waals surface area (Å²) in [6.45, 7) is 3.18. The Bertz CT molecular complexity index is 357. The second-order valence-corrected chi connectivity index (χ2v) is 5.82. The van der Waals surface area contributed by atoms with Crippen molar-refractivity contribution in [3.63, 3.8) is 0 Å². The second kappa shape index (κ2) is 6.39. The van der Waals surface area contributed by atoms with Crippen molar-refractivity contribution in [2.24, 2.45) is 5.92 Å². The molecule has 1 N–H and O–H groups in total. The van der Waals surface area contributed by atoms with E-state index < -0.39 is 0 Å². The van der Waals surface area contributed by atoms with Gasteiger partial charge >= 0.3 is 0 Å². The van der Waals surface area contributed by atoms with Crippen LogP contribution in [0.25, 0.3) is 0 Å². The summed E-state index contributed by atoms with van der Waals surface area (Å²) in [6, 6.07) is 2.16. The average molecular weight is 297 g/mol. The molecule has 1 aliphatic rings. The van der Waals surface area contributed by atoms with Gasteiger partial charge in [-0.15, -0.1) is 0 Å². The predicted octanol–water partition coefficient (Wildman–Crippen LogP) is 4.53. The third-order valence-corrected chi connectivity index (χ3v) is 4.41. The minimum absolute atomic E-state index is 0.849. The van der Waals surface area contributed by atoms with Crippen LogP contribution in [0, 0.1) is 12.8 Å². The molecule has 0 radical (unpaired) electrons. The summed E-state index contributed by atoms with van der Waals surface area (Å²) in [5, 5.41) is 3.53. The number of anilines is 1. The molecule has 1 fully saturated rings. The molecule has 1 heterocycles. The molecule has 1 saturated carbocycles. The SMILES string of the molecule is Cc1cc(NCC2CCCCCC2)cnc1Br. The fourth-order valence-electron chi connectivity index (χ4n) is 2.49. The summed E-state index contributed by atoms with van der Waals surface area (Å²) < 4.78 is 0.942. The lowest BCUT2D eigenvalue weighted by Crippen LogP contribution is -2.13. The third-order valence-electron chi connectivity index (χ3n) is 3.58. The van der Waals surface area contributed by atoms with Gasteiger partial charge in [0.2, 0.25) is 0 Å². The van der Waals surface area contributed by atoms with Crippen LogP contribution < -0.4 is 5.32 Å². The van der Waals surface area contributed by atoms with Gasteiger partial charge in [0.25, 0.3) is 0 Å². The monoisotopic (exact) mass is 296 g/mol. The van der Waals surface area contributed by atoms with Crippen molar-refractivity contribution in [3.05, 3.63) is 22.4 Å². The lowest BCUT2D eigenvalue weighted by atomic mass is 10.0. The van der Waals surface area contributed by atoms with Crippen molar-refractivity contribution in [3.8, 4) is 0 Å². The van der Waals surface area contributed by atoms with Crippen molar-refractivity contribution in [2.45, 2.75) is 45.4 Å². The lowest BCUT2D eigenvalue weighted by Gasteiger charge is -2.15. The number of nitrogens with one attached hydrogen (secondary N) is 1. The van der Waals surface area contributed by atoms with Gasteiger partial charge in [-0.05, 0) is 53.2 Å². The smallest absolute Gasteiger partial charge is 0.109 e. The summed E-state index contributed by atoms with van der Waals surface area (Å²) >= 11 is 3.43. The van der Waals surface area contributed by atoms with E-state index in [1.807, 2.05) is 6.20 Å². The molecule has 17 heavy (non-hydrogen) atoms. The first-order valence-corrected chi connectivity index (χ1v) is 7.41. The van der Waals surface area contributed by atoms with Crippen LogP contribution in [0.3, 0.4) is 0 Å². The van der Waals surface area contributed by atoms with Gasteiger partial charge in [-0.1, -0.05) is 25.7 Å². The van der Waals surface area contributed by atoms with Crippen LogP contribution in [-0.2, 0) is 0 Å². The quantitative estimate of drug-likeness (QED) is 0.654. The lowest BCUT2D eigenvalue weighted by molar-refractivity contribution is 0.483. The highest BCUT2D eigenvalue weighted by molar-refractivity contribution is 9.10. The molecule has 1 aliphatic carbocycles. The first kappa shape index (κ1) is 12.9. The summed E-state index contributed by atoms with van der Waals surface area (Å²) in [7, 11) is 0. The van der Waals surface area contributed by atoms with Gasteiger partial charge in [0, 0.05) is 6.54 Å². The number of rotatable bonds is 3. The van der Waals surface area contributed by atoms with E-state index in [0.717, 1.165) is 22.8 Å². The van der Waals surface area contributed by atoms with Crippen LogP contribution >= 0.6 is 15.9 Å². The van der Waals surface area contributed by atoms with E-state index >= 15 is 0 Å². The highest BCUT2D eigenvalue weighted by Gasteiger charge is 2.11. The second-order valence-electron chi connectivity index (χ2n) is 5.07. The number of hydrogen-bond donors (Lipinski definition) is 1. The van der Waals surface area contributed by atoms with E-state index in [4.69, 9.17) is 0 Å². The minimum atomic E-state index is 0.849. The normalized spacial score (nSPS) is 17.8. The fraction of sp³-hybridized carbons (Fsp3) is 0.643. The highest BCUT2D eigenvalue weighted by atomic mass is 79.9. The molecule has 1 aromatic rings. The van der Waals surface area contributed by atoms with E-state index in [-0.39, 0.29) is 0 Å². The number of aryl methyl sites for hydroxylation is 1. The van der Waals surface area contributed by atoms with E-state index in [9.17, 15) is 0 Å². The molecule has 0 unspecified atom stereocenters. The Labute approximate surface area is 112 Å². The van der Waals surface area contributed by atoms with Gasteiger partial charge in [-0.25, -0.2) is 4.98 Å². The minimum Gasteiger partial charge on any atom is -0.384 e. The average Bonchev–Trinajstić information content (AvgIpc) is 2.59. The van der Waals surface area contributed by atoms with E-state index in [2.05, 4.69) is 39.2 Å². The molecule has 3 heteroatoms. The molecule has 0 atom stereocenters. The Morgan fingerprint density at radius 1 is 1.29 bits per heavy atom. The maximum absolute atomic E-state index is 4.32. The zero-order valence-electron chi connectivity index (χ0n) is 10.5. The number of aromatic nitrogens is 1. The van der Waals surface area contributed by atoms with Gasteiger partial charge < -0.3 is 5.32 Å². The van der Waals surface area contributed by atoms with Crippen LogP contribution in [-0.4, -0.2) is 11.5 Å². The highest BCUT2D eigenvalue weighted by Crippen LogP contribution is 2.23. The zero-order chi connectivity index (χ0) is 12.1. The first-order valence-electron chi connectivity index (χ1n) is 6.62. The summed E-state index contributed by atoms with van der Waals surface area (Å²) in [5.74, 6) is 0.849. The fourth-order valence-corrected chi connectivity index (χ4v) is 2.70. The summed E-state index contributed by atoms with van der Waals surface area (Å²) in [6.07, 6.45) is 10.3. The molecule has 0 saturated heterocycles. The standard InChI is InChI=1S/C14H21BrN2/c1-11-8-13(10-17-14(11)15)16-9-12-6-4-2-3-5-7-12/h8,10,12,16H,2-7,9H2,1H3. The molecule has 0 bridgehead atoms. The van der Waals surface area contributed by atoms with Gasteiger partial charge in [0.1, 0.15) is 4.60 Å². The molecule has 0 aliphatic heterocycles. The molecular formula is C14H21BrN2. The third kappa shape index (κ3) is 3.98. The molecule has 0 aromatic carbocycles. The summed E-state index contributed by atoms with van der Waals surface area (Å²) in [5.41, 5.74) is 2.34. The summed E-state index contributed by atoms with van der Waals surface area (Å²) in [4.78, 5) is 4.32. The molecular weight excluding hydrogens is 276 g/mol. The van der Waals surface area contributed by atoms with Crippen LogP contribution in [0.1, 0.15) is 44.1 Å². The number of halogens is 1. The number of hydrogen-bond acceptors (Lipinski definition) is 2. The molecule has 94 valence electrons. The Balaban J connectivity index is 1.85. The van der Waals surface area contributed by atoms with E-state index in [1.54, 1.807) is 0 Å². The molecule has 0 spiro atoms. The van der Waals surface area contributed by atoms with Crippen LogP contribution in [0.4, 0.5) is 5.69 Å².